The molecule has 31 heavy (non-hydrogen) atoms. The van der Waals surface area contributed by atoms with Gasteiger partial charge in [-0.1, -0.05) is 0 Å². The Hall–Kier alpha value is -0.650. The first kappa shape index (κ1) is 28.4. The maximum absolute atomic E-state index is 12.0. The monoisotopic (exact) mass is 553 g/mol. The van der Waals surface area contributed by atoms with E-state index in [9.17, 15) is 4.79 Å². The molecule has 1 amide bonds. The summed E-state index contributed by atoms with van der Waals surface area (Å²) >= 11 is 0. The van der Waals surface area contributed by atoms with Crippen LogP contribution in [0.5, 0.6) is 0 Å². The van der Waals surface area contributed by atoms with Crippen molar-refractivity contribution in [1.82, 2.24) is 20.0 Å². The molecule has 1 N–H and O–H groups in total. The van der Waals surface area contributed by atoms with Crippen molar-refractivity contribution in [1.29, 1.82) is 0 Å². The number of aliphatic imine (C=N–C) groups is 1. The van der Waals surface area contributed by atoms with E-state index in [4.69, 9.17) is 9.47 Å². The second-order valence-corrected chi connectivity index (χ2v) is 8.81. The molecule has 0 aliphatic carbocycles. The summed E-state index contributed by atoms with van der Waals surface area (Å²) in [6.45, 7) is 6.73. The number of hydrogen-bond acceptors (Lipinski definition) is 5. The van der Waals surface area contributed by atoms with Crippen LogP contribution >= 0.6 is 24.0 Å². The number of ether oxygens (including phenoxy) is 2. The molecule has 2 saturated heterocycles. The summed E-state index contributed by atoms with van der Waals surface area (Å²) < 4.78 is 10.9. The van der Waals surface area contributed by atoms with Crippen LogP contribution in [0.2, 0.25) is 0 Å². The fraction of sp³-hybridized carbons (Fsp3) is 0.909. The van der Waals surface area contributed by atoms with E-state index >= 15 is 0 Å². The number of carbonyl (C=O) groups excluding carboxylic acids is 1. The van der Waals surface area contributed by atoms with Crippen molar-refractivity contribution in [2.24, 2.45) is 10.9 Å². The van der Waals surface area contributed by atoms with Gasteiger partial charge in [-0.15, -0.1) is 24.0 Å². The van der Waals surface area contributed by atoms with Gasteiger partial charge in [0.25, 0.3) is 0 Å². The quantitative estimate of drug-likeness (QED) is 0.240. The van der Waals surface area contributed by atoms with Crippen LogP contribution in [0.15, 0.2) is 4.99 Å². The number of halogens is 1. The topological polar surface area (TPSA) is 69.6 Å². The summed E-state index contributed by atoms with van der Waals surface area (Å²) in [6, 6.07) is 0. The number of nitrogens with one attached hydrogen (secondary N) is 1. The Labute approximate surface area is 206 Å². The minimum absolute atomic E-state index is 0. The summed E-state index contributed by atoms with van der Waals surface area (Å²) in [5.41, 5.74) is 0. The highest BCUT2D eigenvalue weighted by Crippen LogP contribution is 2.22. The van der Waals surface area contributed by atoms with Gasteiger partial charge in [0.1, 0.15) is 6.54 Å². The highest BCUT2D eigenvalue weighted by molar-refractivity contribution is 14.0. The van der Waals surface area contributed by atoms with Crippen molar-refractivity contribution in [2.45, 2.75) is 44.6 Å². The summed E-state index contributed by atoms with van der Waals surface area (Å²) in [5, 5.41) is 3.48. The lowest BCUT2D eigenvalue weighted by atomic mass is 9.92. The predicted molar refractivity (Wildman–Crippen MR) is 136 cm³/mol. The van der Waals surface area contributed by atoms with Crippen molar-refractivity contribution in [3.05, 3.63) is 0 Å². The first-order chi connectivity index (χ1) is 14.5. The third-order valence-corrected chi connectivity index (χ3v) is 6.12. The highest BCUT2D eigenvalue weighted by Gasteiger charge is 2.23. The van der Waals surface area contributed by atoms with E-state index in [1.165, 1.54) is 25.7 Å². The van der Waals surface area contributed by atoms with Crippen LogP contribution in [0, 0.1) is 5.92 Å². The van der Waals surface area contributed by atoms with Gasteiger partial charge in [0.15, 0.2) is 5.96 Å². The Morgan fingerprint density at radius 3 is 2.55 bits per heavy atom. The minimum Gasteiger partial charge on any atom is -0.383 e. The molecule has 2 aliphatic heterocycles. The Kier molecular flexibility index (Phi) is 14.7. The molecule has 0 saturated carbocycles. The van der Waals surface area contributed by atoms with Crippen LogP contribution < -0.4 is 5.32 Å². The van der Waals surface area contributed by atoms with Crippen LogP contribution in [0.4, 0.5) is 0 Å². The van der Waals surface area contributed by atoms with E-state index < -0.39 is 0 Å². The van der Waals surface area contributed by atoms with Gasteiger partial charge in [-0.25, -0.2) is 4.99 Å². The van der Waals surface area contributed by atoms with E-state index in [-0.39, 0.29) is 42.5 Å². The molecule has 0 aromatic carbocycles. The minimum atomic E-state index is 0. The molecule has 9 heteroatoms. The normalized spacial score (nSPS) is 20.1. The average molecular weight is 554 g/mol. The SMILES string of the molecule is COCCN(C)CCCC1CCN(C(=NCC(=O)N(C)C)NCC2CCCO2)CC1.I. The molecule has 2 heterocycles. The molecule has 1 atom stereocenters. The van der Waals surface area contributed by atoms with Gasteiger partial charge >= 0.3 is 0 Å². The van der Waals surface area contributed by atoms with Gasteiger partial charge in [0, 0.05) is 54.0 Å². The van der Waals surface area contributed by atoms with Crippen molar-refractivity contribution in [3.63, 3.8) is 0 Å². The van der Waals surface area contributed by atoms with Crippen LogP contribution in [-0.4, -0.2) is 113 Å². The van der Waals surface area contributed by atoms with Gasteiger partial charge < -0.3 is 29.5 Å². The summed E-state index contributed by atoms with van der Waals surface area (Å²) in [6.07, 6.45) is 7.36. The number of hydrogen-bond donors (Lipinski definition) is 1. The van der Waals surface area contributed by atoms with E-state index in [0.29, 0.717) is 0 Å². The summed E-state index contributed by atoms with van der Waals surface area (Å²) in [4.78, 5) is 22.9. The smallest absolute Gasteiger partial charge is 0.243 e. The number of piperidine rings is 1. The molecule has 0 radical (unpaired) electrons. The van der Waals surface area contributed by atoms with Gasteiger partial charge in [0.05, 0.1) is 12.7 Å². The lowest BCUT2D eigenvalue weighted by Crippen LogP contribution is -2.48. The van der Waals surface area contributed by atoms with Crippen molar-refractivity contribution >= 4 is 35.8 Å². The summed E-state index contributed by atoms with van der Waals surface area (Å²) in [7, 11) is 7.47. The van der Waals surface area contributed by atoms with Crippen LogP contribution in [-0.2, 0) is 14.3 Å². The van der Waals surface area contributed by atoms with Crippen LogP contribution in [0.1, 0.15) is 38.5 Å². The number of rotatable bonds is 11. The fourth-order valence-electron chi connectivity index (χ4n) is 4.00. The highest BCUT2D eigenvalue weighted by atomic mass is 127. The molecule has 2 aliphatic rings. The first-order valence-corrected chi connectivity index (χ1v) is 11.5. The maximum atomic E-state index is 12.0. The van der Waals surface area contributed by atoms with E-state index in [1.807, 2.05) is 0 Å². The maximum Gasteiger partial charge on any atom is 0.243 e. The number of nitrogens with zero attached hydrogens (tertiary/aromatic N) is 4. The number of likely N-dealkylation sites (tertiary alicyclic amines) is 1. The van der Waals surface area contributed by atoms with E-state index in [2.05, 4.69) is 27.2 Å². The fourth-order valence-corrected chi connectivity index (χ4v) is 4.00. The number of likely N-dealkylation sites (N-methyl/N-ethyl adjacent to an activating group) is 2. The second-order valence-electron chi connectivity index (χ2n) is 8.81. The second kappa shape index (κ2) is 16.0. The standard InChI is InChI=1S/C22H43N5O3.HI/c1-25(2)21(28)18-24-22(23-17-20-8-6-15-30-20)27-12-9-19(10-13-27)7-5-11-26(3)14-16-29-4;/h19-20H,5-18H2,1-4H3,(H,23,24);1H. The molecule has 8 nitrogen and oxygen atoms in total. The molecule has 2 fully saturated rings. The van der Waals surface area contributed by atoms with Crippen LogP contribution in [0.25, 0.3) is 0 Å². The Morgan fingerprint density at radius 2 is 1.94 bits per heavy atom. The van der Waals surface area contributed by atoms with E-state index in [1.54, 1.807) is 26.1 Å². The zero-order valence-corrected chi connectivity index (χ0v) is 22.3. The van der Waals surface area contributed by atoms with Gasteiger partial charge in [0.2, 0.25) is 5.91 Å². The molecule has 182 valence electrons. The summed E-state index contributed by atoms with van der Waals surface area (Å²) in [5.74, 6) is 1.66. The largest absolute Gasteiger partial charge is 0.383 e. The molecule has 0 spiro atoms. The van der Waals surface area contributed by atoms with Gasteiger partial charge in [-0.05, 0) is 58.0 Å². The lowest BCUT2D eigenvalue weighted by Gasteiger charge is -2.35. The van der Waals surface area contributed by atoms with Crippen molar-refractivity contribution in [3.8, 4) is 0 Å². The number of guanidine groups is 1. The van der Waals surface area contributed by atoms with Crippen molar-refractivity contribution in [2.75, 3.05) is 80.7 Å². The third kappa shape index (κ3) is 11.2. The first-order valence-electron chi connectivity index (χ1n) is 11.5. The third-order valence-electron chi connectivity index (χ3n) is 6.12. The predicted octanol–water partition coefficient (Wildman–Crippen LogP) is 1.89. The number of amides is 1. The van der Waals surface area contributed by atoms with Crippen molar-refractivity contribution < 1.29 is 14.3 Å². The zero-order valence-electron chi connectivity index (χ0n) is 20.0. The molecule has 2 rings (SSSR count). The van der Waals surface area contributed by atoms with Gasteiger partial charge in [-0.3, -0.25) is 4.79 Å². The van der Waals surface area contributed by atoms with Crippen LogP contribution in [0.3, 0.4) is 0 Å². The number of carbonyl (C=O) groups is 1. The average Bonchev–Trinajstić information content (AvgIpc) is 3.26. The van der Waals surface area contributed by atoms with E-state index in [0.717, 1.165) is 70.7 Å². The molecule has 0 bridgehead atoms. The molecule has 0 aromatic rings. The Bertz CT molecular complexity index is 521. The Morgan fingerprint density at radius 1 is 1.19 bits per heavy atom. The van der Waals surface area contributed by atoms with Gasteiger partial charge in [-0.2, -0.15) is 0 Å². The molecular weight excluding hydrogens is 509 g/mol. The molecular formula is C22H44IN5O3. The lowest BCUT2D eigenvalue weighted by molar-refractivity contribution is -0.127. The zero-order chi connectivity index (χ0) is 21.8. The molecule has 1 unspecified atom stereocenters. The number of methoxy groups -OCH3 is 1. The Balaban J connectivity index is 0.00000480. The molecule has 0 aromatic heterocycles.